The van der Waals surface area contributed by atoms with Gasteiger partial charge in [-0.15, -0.1) is 5.06 Å². The van der Waals surface area contributed by atoms with Gasteiger partial charge in [0, 0.05) is 6.20 Å². The van der Waals surface area contributed by atoms with Crippen molar-refractivity contribution >= 4 is 11.6 Å². The van der Waals surface area contributed by atoms with Gasteiger partial charge in [-0.1, -0.05) is 30.3 Å². The molecule has 1 aliphatic heterocycles. The van der Waals surface area contributed by atoms with Crippen molar-refractivity contribution in [2.24, 2.45) is 0 Å². The molecule has 0 aliphatic carbocycles. The number of hydrogen-bond donors (Lipinski definition) is 1. The molecule has 6 nitrogen and oxygen atoms in total. The highest BCUT2D eigenvalue weighted by Crippen LogP contribution is 2.37. The third-order valence-electron chi connectivity index (χ3n) is 4.78. The Morgan fingerprint density at radius 3 is 2.79 bits per heavy atom. The van der Waals surface area contributed by atoms with Crippen molar-refractivity contribution in [2.75, 3.05) is 11.7 Å². The van der Waals surface area contributed by atoms with E-state index in [4.69, 9.17) is 14.7 Å². The van der Waals surface area contributed by atoms with Crippen LogP contribution in [0.1, 0.15) is 30.1 Å². The molecule has 1 aliphatic rings. The number of carbonyl (C=O) groups excluding carboxylic acids is 1. The van der Waals surface area contributed by atoms with Crippen LogP contribution in [-0.4, -0.2) is 22.6 Å². The molecule has 0 saturated heterocycles. The zero-order valence-electron chi connectivity index (χ0n) is 15.9. The minimum atomic E-state index is -0.349. The lowest BCUT2D eigenvalue weighted by Crippen LogP contribution is -2.34. The molecule has 1 atom stereocenters. The number of aliphatic hydroxyl groups excluding tert-OH is 1. The zero-order chi connectivity index (χ0) is 20.1. The van der Waals surface area contributed by atoms with Crippen LogP contribution >= 0.6 is 0 Å². The fraction of sp³-hybridized carbons (Fsp3) is 0.217. The van der Waals surface area contributed by atoms with Crippen LogP contribution in [0.4, 0.5) is 5.69 Å². The topological polar surface area (TPSA) is 71.9 Å². The molecule has 0 saturated carbocycles. The molecular formula is C23H22N2O4. The standard InChI is InChI=1S/C23H22N2O4/c26-14-12-23(27)25(19-7-4-13-24-16-19)29-20-9-11-22-18(15-20)8-10-21(28-22)17-5-2-1-3-6-17/h1-7,9,11,13,15-16,21,26H,8,10,12,14H2. The van der Waals surface area contributed by atoms with Gasteiger partial charge in [-0.25, -0.2) is 0 Å². The maximum atomic E-state index is 12.4. The highest BCUT2D eigenvalue weighted by Gasteiger charge is 2.23. The van der Waals surface area contributed by atoms with E-state index in [1.165, 1.54) is 5.06 Å². The van der Waals surface area contributed by atoms with E-state index in [1.54, 1.807) is 30.6 Å². The second kappa shape index (κ2) is 8.75. The Kier molecular flexibility index (Phi) is 5.72. The maximum Gasteiger partial charge on any atom is 0.262 e. The van der Waals surface area contributed by atoms with Crippen molar-refractivity contribution < 1.29 is 19.5 Å². The van der Waals surface area contributed by atoms with E-state index in [0.29, 0.717) is 11.4 Å². The van der Waals surface area contributed by atoms with Gasteiger partial charge in [0.15, 0.2) is 5.75 Å². The summed E-state index contributed by atoms with van der Waals surface area (Å²) >= 11 is 0. The summed E-state index contributed by atoms with van der Waals surface area (Å²) in [4.78, 5) is 22.3. The summed E-state index contributed by atoms with van der Waals surface area (Å²) in [5.74, 6) is 1.01. The summed E-state index contributed by atoms with van der Waals surface area (Å²) in [5.41, 5.74) is 2.70. The molecular weight excluding hydrogens is 368 g/mol. The van der Waals surface area contributed by atoms with Crippen molar-refractivity contribution in [3.8, 4) is 11.5 Å². The van der Waals surface area contributed by atoms with Crippen molar-refractivity contribution in [1.29, 1.82) is 0 Å². The number of pyridine rings is 1. The normalized spacial score (nSPS) is 15.1. The molecule has 3 aromatic rings. The Morgan fingerprint density at radius 1 is 1.17 bits per heavy atom. The van der Waals surface area contributed by atoms with Gasteiger partial charge in [0.25, 0.3) is 5.91 Å². The largest absolute Gasteiger partial charge is 0.485 e. The Bertz CT molecular complexity index is 963. The summed E-state index contributed by atoms with van der Waals surface area (Å²) in [5, 5.41) is 10.3. The highest BCUT2D eigenvalue weighted by atomic mass is 16.7. The molecule has 148 valence electrons. The predicted molar refractivity (Wildman–Crippen MR) is 109 cm³/mol. The fourth-order valence-corrected chi connectivity index (χ4v) is 3.35. The summed E-state index contributed by atoms with van der Waals surface area (Å²) in [6.45, 7) is -0.252. The Hall–Kier alpha value is -3.38. The smallest absolute Gasteiger partial charge is 0.262 e. The summed E-state index contributed by atoms with van der Waals surface area (Å²) < 4.78 is 6.17. The predicted octanol–water partition coefficient (Wildman–Crippen LogP) is 3.86. The molecule has 1 N–H and O–H groups in total. The molecule has 2 aromatic carbocycles. The van der Waals surface area contributed by atoms with Crippen molar-refractivity contribution in [2.45, 2.75) is 25.4 Å². The second-order valence-corrected chi connectivity index (χ2v) is 6.79. The van der Waals surface area contributed by atoms with Gasteiger partial charge in [-0.3, -0.25) is 9.78 Å². The van der Waals surface area contributed by atoms with E-state index in [-0.39, 0.29) is 25.0 Å². The van der Waals surface area contributed by atoms with Gasteiger partial charge in [-0.2, -0.15) is 0 Å². The first-order chi connectivity index (χ1) is 14.2. The lowest BCUT2D eigenvalue weighted by atomic mass is 9.97. The Labute approximate surface area is 169 Å². The van der Waals surface area contributed by atoms with Crippen LogP contribution in [0.15, 0.2) is 73.1 Å². The van der Waals surface area contributed by atoms with Crippen LogP contribution in [0.5, 0.6) is 11.5 Å². The minimum Gasteiger partial charge on any atom is -0.485 e. The molecule has 0 fully saturated rings. The number of aromatic nitrogens is 1. The number of ether oxygens (including phenoxy) is 1. The number of aliphatic hydroxyl groups is 1. The van der Waals surface area contributed by atoms with Crippen LogP contribution in [0, 0.1) is 0 Å². The van der Waals surface area contributed by atoms with E-state index < -0.39 is 0 Å². The van der Waals surface area contributed by atoms with Gasteiger partial charge in [0.1, 0.15) is 17.5 Å². The summed E-state index contributed by atoms with van der Waals surface area (Å²) in [6, 6.07) is 19.2. The third-order valence-corrected chi connectivity index (χ3v) is 4.78. The minimum absolute atomic E-state index is 0.0356. The lowest BCUT2D eigenvalue weighted by Gasteiger charge is -2.27. The van der Waals surface area contributed by atoms with Crippen LogP contribution in [0.3, 0.4) is 0 Å². The van der Waals surface area contributed by atoms with Gasteiger partial charge in [-0.05, 0) is 54.3 Å². The summed E-state index contributed by atoms with van der Waals surface area (Å²) in [7, 11) is 0. The maximum absolute atomic E-state index is 12.4. The average Bonchev–Trinajstić information content (AvgIpc) is 2.78. The molecule has 1 amide bonds. The molecule has 1 aromatic heterocycles. The molecule has 4 rings (SSSR count). The van der Waals surface area contributed by atoms with Crippen LogP contribution < -0.4 is 14.6 Å². The van der Waals surface area contributed by atoms with E-state index in [9.17, 15) is 4.79 Å². The van der Waals surface area contributed by atoms with Gasteiger partial charge in [0.2, 0.25) is 0 Å². The van der Waals surface area contributed by atoms with Crippen molar-refractivity contribution in [1.82, 2.24) is 4.98 Å². The van der Waals surface area contributed by atoms with E-state index in [2.05, 4.69) is 17.1 Å². The quantitative estimate of drug-likeness (QED) is 0.647. The molecule has 2 heterocycles. The van der Waals surface area contributed by atoms with Crippen molar-refractivity contribution in [3.05, 3.63) is 84.2 Å². The molecule has 0 radical (unpaired) electrons. The Balaban J connectivity index is 1.53. The molecule has 0 spiro atoms. The monoisotopic (exact) mass is 390 g/mol. The van der Waals surface area contributed by atoms with Gasteiger partial charge < -0.3 is 14.7 Å². The number of benzene rings is 2. The van der Waals surface area contributed by atoms with Gasteiger partial charge >= 0.3 is 0 Å². The summed E-state index contributed by atoms with van der Waals surface area (Å²) in [6.07, 6.45) is 4.88. The number of anilines is 1. The number of hydroxylamine groups is 1. The number of fused-ring (bicyclic) bond motifs is 1. The number of hydrogen-bond acceptors (Lipinski definition) is 5. The Morgan fingerprint density at radius 2 is 2.03 bits per heavy atom. The highest BCUT2D eigenvalue weighted by molar-refractivity contribution is 5.91. The molecule has 1 unspecified atom stereocenters. The number of amides is 1. The first kappa shape index (κ1) is 19.0. The zero-order valence-corrected chi connectivity index (χ0v) is 15.9. The van der Waals surface area contributed by atoms with Crippen LogP contribution in [-0.2, 0) is 11.2 Å². The van der Waals surface area contributed by atoms with Gasteiger partial charge in [0.05, 0.1) is 19.2 Å². The SMILES string of the molecule is O=C(CCO)N(Oc1ccc2c(c1)CCC(c1ccccc1)O2)c1cccnc1. The molecule has 0 bridgehead atoms. The number of carbonyl (C=O) groups is 1. The number of rotatable bonds is 6. The third kappa shape index (κ3) is 4.38. The van der Waals surface area contributed by atoms with E-state index >= 15 is 0 Å². The van der Waals surface area contributed by atoms with E-state index in [1.807, 2.05) is 30.3 Å². The van der Waals surface area contributed by atoms with Crippen LogP contribution in [0.2, 0.25) is 0 Å². The number of aryl methyl sites for hydroxylation is 1. The molecule has 29 heavy (non-hydrogen) atoms. The molecule has 6 heteroatoms. The fourth-order valence-electron chi connectivity index (χ4n) is 3.35. The first-order valence-electron chi connectivity index (χ1n) is 9.61. The first-order valence-corrected chi connectivity index (χ1v) is 9.61. The van der Waals surface area contributed by atoms with E-state index in [0.717, 1.165) is 29.7 Å². The second-order valence-electron chi connectivity index (χ2n) is 6.79. The number of nitrogens with zero attached hydrogens (tertiary/aromatic N) is 2. The lowest BCUT2D eigenvalue weighted by molar-refractivity contribution is -0.123. The van der Waals surface area contributed by atoms with Crippen LogP contribution in [0.25, 0.3) is 0 Å². The van der Waals surface area contributed by atoms with Crippen molar-refractivity contribution in [3.63, 3.8) is 0 Å². The average molecular weight is 390 g/mol.